The van der Waals surface area contributed by atoms with Gasteiger partial charge in [0.2, 0.25) is 11.5 Å². The third kappa shape index (κ3) is 4.91. The number of carbonyl (C=O) groups is 3. The molecule has 0 aromatic carbocycles. The second-order valence-corrected chi connectivity index (χ2v) is 10.4. The average Bonchev–Trinajstić information content (AvgIpc) is 3.49. The Morgan fingerprint density at radius 3 is 2.94 bits per heavy atom. The molecular weight excluding hydrogens is 525 g/mol. The minimum atomic E-state index is -1.23. The normalized spacial score (nSPS) is 20.3. The van der Waals surface area contributed by atoms with Crippen molar-refractivity contribution in [3.05, 3.63) is 34.8 Å². The van der Waals surface area contributed by atoms with E-state index in [2.05, 4.69) is 29.4 Å². The lowest BCUT2D eigenvalue weighted by atomic mass is 10.0. The van der Waals surface area contributed by atoms with Crippen LogP contribution in [-0.2, 0) is 19.2 Å². The Bertz CT molecular complexity index is 1190. The van der Waals surface area contributed by atoms with Crippen molar-refractivity contribution in [3.8, 4) is 0 Å². The number of carboxylic acids is 1. The van der Waals surface area contributed by atoms with E-state index in [1.54, 1.807) is 24.6 Å². The van der Waals surface area contributed by atoms with Gasteiger partial charge in [0.25, 0.3) is 11.8 Å². The molecule has 4 heterocycles. The van der Waals surface area contributed by atoms with Crippen LogP contribution < -0.4 is 11.1 Å². The summed E-state index contributed by atoms with van der Waals surface area (Å²) in [5.74, 6) is -2.20. The van der Waals surface area contributed by atoms with Gasteiger partial charge in [-0.3, -0.25) is 14.5 Å². The number of nitrogens with one attached hydrogen (secondary N) is 1. The average molecular weight is 541 g/mol. The number of carboxylic acid groups (broad SMARTS) is 1. The molecule has 0 aliphatic carbocycles. The number of β-lactam (4-membered cyclic amide) rings is 1. The monoisotopic (exact) mass is 540 g/mol. The number of allylic oxidation sites excluding steroid dienone is 1. The number of rotatable bonds is 9. The molecule has 2 aromatic rings. The fourth-order valence-electron chi connectivity index (χ4n) is 3.02. The predicted molar refractivity (Wildman–Crippen MR) is 127 cm³/mol. The van der Waals surface area contributed by atoms with Crippen LogP contribution in [0.15, 0.2) is 38.3 Å². The molecule has 1 saturated heterocycles. The maximum absolute atomic E-state index is 12.9. The van der Waals surface area contributed by atoms with Crippen LogP contribution in [0.5, 0.6) is 0 Å². The highest BCUT2D eigenvalue weighted by molar-refractivity contribution is 8.03. The van der Waals surface area contributed by atoms with Gasteiger partial charge in [0, 0.05) is 17.3 Å². The summed E-state index contributed by atoms with van der Waals surface area (Å²) in [5.41, 5.74) is 5.73. The molecule has 4 N–H and O–H groups in total. The molecule has 4 rings (SSSR count). The number of hydrogen-bond acceptors (Lipinski definition) is 14. The van der Waals surface area contributed by atoms with E-state index in [-0.39, 0.29) is 29.0 Å². The molecule has 34 heavy (non-hydrogen) atoms. The first-order valence-electron chi connectivity index (χ1n) is 9.52. The third-order valence-corrected chi connectivity index (χ3v) is 7.86. The van der Waals surface area contributed by atoms with Crippen molar-refractivity contribution in [1.29, 1.82) is 0 Å². The third-order valence-electron chi connectivity index (χ3n) is 4.44. The van der Waals surface area contributed by atoms with Crippen LogP contribution in [0.4, 0.5) is 5.13 Å². The summed E-state index contributed by atoms with van der Waals surface area (Å²) in [4.78, 5) is 47.8. The number of aromatic nitrogens is 4. The first kappa shape index (κ1) is 24.1. The molecule has 2 aliphatic heterocycles. The molecule has 0 spiro atoms. The molecule has 0 bridgehead atoms. The van der Waals surface area contributed by atoms with Crippen molar-refractivity contribution in [2.24, 2.45) is 5.16 Å². The summed E-state index contributed by atoms with van der Waals surface area (Å²) in [5, 5.41) is 21.1. The fourth-order valence-corrected chi connectivity index (χ4v) is 5.95. The SMILES string of the molecule is CCON=C(C(=O)N[C@@H]1C(=O)N2C(C(=O)O)=C(/C=C/Sc3cnns3)CS[C@H]12)c1nsc(N)n1. The van der Waals surface area contributed by atoms with E-state index in [1.165, 1.54) is 40.0 Å². The van der Waals surface area contributed by atoms with E-state index in [4.69, 9.17) is 10.6 Å². The molecule has 2 amide bonds. The van der Waals surface area contributed by atoms with Crippen molar-refractivity contribution in [2.45, 2.75) is 22.5 Å². The summed E-state index contributed by atoms with van der Waals surface area (Å²) in [6.45, 7) is 1.89. The van der Waals surface area contributed by atoms with Gasteiger partial charge < -0.3 is 21.0 Å². The van der Waals surface area contributed by atoms with Gasteiger partial charge in [0.1, 0.15) is 27.9 Å². The van der Waals surface area contributed by atoms with Crippen molar-refractivity contribution in [2.75, 3.05) is 18.1 Å². The van der Waals surface area contributed by atoms with Crippen molar-refractivity contribution in [3.63, 3.8) is 0 Å². The number of hydrogen-bond donors (Lipinski definition) is 3. The fraction of sp³-hybridized carbons (Fsp3) is 0.294. The highest BCUT2D eigenvalue weighted by atomic mass is 32.2. The van der Waals surface area contributed by atoms with Crippen molar-refractivity contribution in [1.82, 2.24) is 29.2 Å². The Hall–Kier alpha value is -3.02. The van der Waals surface area contributed by atoms with Crippen molar-refractivity contribution < 1.29 is 24.3 Å². The number of aliphatic carboxylic acids is 1. The zero-order valence-electron chi connectivity index (χ0n) is 17.3. The second kappa shape index (κ2) is 10.5. The maximum atomic E-state index is 12.9. The van der Waals surface area contributed by atoms with Crippen LogP contribution in [0.2, 0.25) is 0 Å². The molecular formula is C17H16N8O5S4. The number of nitrogen functional groups attached to an aromatic ring is 1. The Morgan fingerprint density at radius 1 is 1.47 bits per heavy atom. The number of anilines is 1. The van der Waals surface area contributed by atoms with E-state index in [1.807, 2.05) is 0 Å². The van der Waals surface area contributed by atoms with Crippen LogP contribution in [0.25, 0.3) is 0 Å². The van der Waals surface area contributed by atoms with Gasteiger partial charge in [0.15, 0.2) is 5.13 Å². The smallest absolute Gasteiger partial charge is 0.352 e. The molecule has 1 fully saturated rings. The Balaban J connectivity index is 1.49. The lowest BCUT2D eigenvalue weighted by molar-refractivity contribution is -0.150. The minimum Gasteiger partial charge on any atom is -0.477 e. The lowest BCUT2D eigenvalue weighted by Gasteiger charge is -2.49. The number of carbonyl (C=O) groups excluding carboxylic acids is 2. The van der Waals surface area contributed by atoms with E-state index in [9.17, 15) is 19.5 Å². The van der Waals surface area contributed by atoms with E-state index in [0.717, 1.165) is 15.7 Å². The van der Waals surface area contributed by atoms with E-state index in [0.29, 0.717) is 11.3 Å². The van der Waals surface area contributed by atoms with Gasteiger partial charge in [-0.15, -0.1) is 16.9 Å². The maximum Gasteiger partial charge on any atom is 0.352 e. The largest absolute Gasteiger partial charge is 0.477 e. The topological polar surface area (TPSA) is 186 Å². The molecule has 2 aromatic heterocycles. The predicted octanol–water partition coefficient (Wildman–Crippen LogP) is 0.757. The highest BCUT2D eigenvalue weighted by Crippen LogP contribution is 2.41. The van der Waals surface area contributed by atoms with Crippen LogP contribution in [0.3, 0.4) is 0 Å². The van der Waals surface area contributed by atoms with Gasteiger partial charge in [0.05, 0.1) is 6.20 Å². The van der Waals surface area contributed by atoms with Gasteiger partial charge in [-0.2, -0.15) is 9.36 Å². The van der Waals surface area contributed by atoms with Crippen LogP contribution >= 0.6 is 46.6 Å². The first-order valence-corrected chi connectivity index (χ1v) is 13.0. The molecule has 0 saturated carbocycles. The first-order chi connectivity index (χ1) is 16.4. The van der Waals surface area contributed by atoms with Gasteiger partial charge in [-0.05, 0) is 35.5 Å². The van der Waals surface area contributed by atoms with Crippen LogP contribution in [-0.4, -0.2) is 76.2 Å². The number of fused-ring (bicyclic) bond motifs is 1. The minimum absolute atomic E-state index is 0.0273. The molecule has 2 aliphatic rings. The Morgan fingerprint density at radius 2 is 2.29 bits per heavy atom. The Kier molecular flexibility index (Phi) is 7.44. The van der Waals surface area contributed by atoms with E-state index < -0.39 is 29.2 Å². The molecule has 178 valence electrons. The summed E-state index contributed by atoms with van der Waals surface area (Å²) >= 11 is 4.79. The number of amides is 2. The van der Waals surface area contributed by atoms with Crippen LogP contribution in [0, 0.1) is 0 Å². The molecule has 0 unspecified atom stereocenters. The molecule has 13 nitrogen and oxygen atoms in total. The molecule has 17 heteroatoms. The summed E-state index contributed by atoms with van der Waals surface area (Å²) in [6, 6.07) is -0.946. The number of oxime groups is 1. The second-order valence-electron chi connectivity index (χ2n) is 6.51. The molecule has 2 atom stereocenters. The lowest BCUT2D eigenvalue weighted by Crippen LogP contribution is -2.71. The number of thioether (sulfide) groups is 2. The summed E-state index contributed by atoms with van der Waals surface area (Å²) < 4.78 is 8.57. The number of nitrogens with zero attached hydrogens (tertiary/aromatic N) is 6. The molecule has 0 radical (unpaired) electrons. The van der Waals surface area contributed by atoms with Crippen molar-refractivity contribution >= 4 is 75.2 Å². The van der Waals surface area contributed by atoms with Crippen LogP contribution in [0.1, 0.15) is 12.7 Å². The van der Waals surface area contributed by atoms with Gasteiger partial charge in [-0.25, -0.2) is 4.79 Å². The zero-order valence-corrected chi connectivity index (χ0v) is 20.5. The standard InChI is InChI=1S/C17H16N8O5S4/c1-2-30-22-9(12-21-17(18)34-23-12)13(26)20-10-14(27)25-11(16(28)29)7(6-32-15(10)25)3-4-31-8-5-19-24-33-8/h3-5,10,15H,2,6H2,1H3,(H,20,26)(H,28,29)(H2,18,21,23)/b4-3+,22-9?/t10-,15-/m1/s1. The highest BCUT2D eigenvalue weighted by Gasteiger charge is 2.54. The quantitative estimate of drug-likeness (QED) is 0.176. The zero-order chi connectivity index (χ0) is 24.2. The number of nitrogens with two attached hydrogens (primary N) is 1. The van der Waals surface area contributed by atoms with Gasteiger partial charge in [-0.1, -0.05) is 21.4 Å². The summed E-state index contributed by atoms with van der Waals surface area (Å²) in [6.07, 6.45) is 3.25. The Labute approximate surface area is 208 Å². The summed E-state index contributed by atoms with van der Waals surface area (Å²) in [7, 11) is 0. The van der Waals surface area contributed by atoms with E-state index >= 15 is 0 Å². The van der Waals surface area contributed by atoms with Gasteiger partial charge >= 0.3 is 5.97 Å².